The number of ether oxygens (including phenoxy) is 1. The van der Waals surface area contributed by atoms with Crippen molar-refractivity contribution in [1.82, 2.24) is 9.55 Å². The number of imidazole rings is 1. The number of aromatic nitrogens is 2. The van der Waals surface area contributed by atoms with Gasteiger partial charge in [-0.3, -0.25) is 4.79 Å². The molecule has 106 valence electrons. The fraction of sp³-hybridized carbons (Fsp3) is 0.429. The highest BCUT2D eigenvalue weighted by Gasteiger charge is 2.21. The molecule has 3 rings (SSSR count). The summed E-state index contributed by atoms with van der Waals surface area (Å²) in [5.41, 5.74) is 2.60. The lowest BCUT2D eigenvalue weighted by Gasteiger charge is -2.27. The standard InChI is InChI=1S/C14H16ClN3O2/c1-9(19)16-10-2-3-13-12(6-10)17-14(7-15)18(13)8-11-4-5-20-11/h2-3,6,11H,4-5,7-8H2,1H3,(H,16,19)/t11-/m0/s1. The second kappa shape index (κ2) is 5.42. The summed E-state index contributed by atoms with van der Waals surface area (Å²) < 4.78 is 7.58. The molecule has 0 unspecified atom stereocenters. The Kier molecular flexibility index (Phi) is 3.63. The van der Waals surface area contributed by atoms with E-state index < -0.39 is 0 Å². The quantitative estimate of drug-likeness (QED) is 0.881. The summed E-state index contributed by atoms with van der Waals surface area (Å²) in [5.74, 6) is 1.10. The molecule has 1 fully saturated rings. The SMILES string of the molecule is CC(=O)Nc1ccc2c(c1)nc(CCl)n2C[C@@H]1CCO1. The van der Waals surface area contributed by atoms with Crippen molar-refractivity contribution in [1.29, 1.82) is 0 Å². The van der Waals surface area contributed by atoms with Crippen LogP contribution in [-0.2, 0) is 22.0 Å². The van der Waals surface area contributed by atoms with E-state index in [2.05, 4.69) is 14.9 Å². The van der Waals surface area contributed by atoms with E-state index in [1.165, 1.54) is 6.92 Å². The van der Waals surface area contributed by atoms with Crippen molar-refractivity contribution in [2.24, 2.45) is 0 Å². The average Bonchev–Trinajstić information content (AvgIpc) is 2.70. The van der Waals surface area contributed by atoms with Crippen molar-refractivity contribution in [3.05, 3.63) is 24.0 Å². The van der Waals surface area contributed by atoms with Crippen LogP contribution in [-0.4, -0.2) is 28.2 Å². The van der Waals surface area contributed by atoms with Gasteiger partial charge in [0.25, 0.3) is 0 Å². The van der Waals surface area contributed by atoms with Crippen molar-refractivity contribution in [2.75, 3.05) is 11.9 Å². The maximum atomic E-state index is 11.1. The molecule has 20 heavy (non-hydrogen) atoms. The monoisotopic (exact) mass is 293 g/mol. The molecule has 0 radical (unpaired) electrons. The molecule has 2 aromatic rings. The average molecular weight is 294 g/mol. The van der Waals surface area contributed by atoms with Gasteiger partial charge in [-0.15, -0.1) is 11.6 Å². The maximum absolute atomic E-state index is 11.1. The minimum Gasteiger partial charge on any atom is -0.376 e. The van der Waals surface area contributed by atoms with Gasteiger partial charge >= 0.3 is 0 Å². The molecule has 1 atom stereocenters. The first-order chi connectivity index (χ1) is 9.67. The first-order valence-electron chi connectivity index (χ1n) is 6.61. The van der Waals surface area contributed by atoms with Crippen molar-refractivity contribution in [3.8, 4) is 0 Å². The number of nitrogens with one attached hydrogen (secondary N) is 1. The van der Waals surface area contributed by atoms with Crippen LogP contribution in [0.3, 0.4) is 0 Å². The Morgan fingerprint density at radius 2 is 2.40 bits per heavy atom. The van der Waals surface area contributed by atoms with Gasteiger partial charge < -0.3 is 14.6 Å². The fourth-order valence-electron chi connectivity index (χ4n) is 2.40. The smallest absolute Gasteiger partial charge is 0.221 e. The third-order valence-corrected chi connectivity index (χ3v) is 3.69. The second-order valence-corrected chi connectivity index (χ2v) is 5.21. The van der Waals surface area contributed by atoms with E-state index in [0.29, 0.717) is 5.88 Å². The van der Waals surface area contributed by atoms with E-state index in [-0.39, 0.29) is 12.0 Å². The molecule has 0 saturated carbocycles. The molecule has 0 spiro atoms. The topological polar surface area (TPSA) is 56.2 Å². The largest absolute Gasteiger partial charge is 0.376 e. The summed E-state index contributed by atoms with van der Waals surface area (Å²) in [4.78, 5) is 15.6. The number of nitrogens with zero attached hydrogens (tertiary/aromatic N) is 2. The van der Waals surface area contributed by atoms with Crippen LogP contribution in [0.2, 0.25) is 0 Å². The molecule has 1 aliphatic heterocycles. The highest BCUT2D eigenvalue weighted by molar-refractivity contribution is 6.16. The van der Waals surface area contributed by atoms with Gasteiger partial charge in [-0.2, -0.15) is 0 Å². The van der Waals surface area contributed by atoms with Gasteiger partial charge in [-0.25, -0.2) is 4.98 Å². The van der Waals surface area contributed by atoms with Crippen molar-refractivity contribution in [2.45, 2.75) is 31.9 Å². The molecular weight excluding hydrogens is 278 g/mol. The van der Waals surface area contributed by atoms with Gasteiger partial charge in [0.2, 0.25) is 5.91 Å². The molecule has 0 aliphatic carbocycles. The fourth-order valence-corrected chi connectivity index (χ4v) is 2.60. The van der Waals surface area contributed by atoms with Crippen LogP contribution in [0, 0.1) is 0 Å². The molecule has 2 heterocycles. The number of alkyl halides is 1. The van der Waals surface area contributed by atoms with E-state index in [1.54, 1.807) is 0 Å². The van der Waals surface area contributed by atoms with E-state index in [0.717, 1.165) is 42.1 Å². The summed E-state index contributed by atoms with van der Waals surface area (Å²) in [6.45, 7) is 3.10. The molecule has 1 aliphatic rings. The third-order valence-electron chi connectivity index (χ3n) is 3.45. The highest BCUT2D eigenvalue weighted by atomic mass is 35.5. The molecule has 0 bridgehead atoms. The van der Waals surface area contributed by atoms with Gasteiger partial charge in [0.05, 0.1) is 29.6 Å². The van der Waals surface area contributed by atoms with Crippen LogP contribution in [0.15, 0.2) is 18.2 Å². The molecule has 1 amide bonds. The van der Waals surface area contributed by atoms with Crippen molar-refractivity contribution >= 4 is 34.2 Å². The highest BCUT2D eigenvalue weighted by Crippen LogP contribution is 2.24. The van der Waals surface area contributed by atoms with Gasteiger partial charge in [0.15, 0.2) is 0 Å². The zero-order valence-corrected chi connectivity index (χ0v) is 12.0. The van der Waals surface area contributed by atoms with Crippen LogP contribution in [0.1, 0.15) is 19.2 Å². The number of halogens is 1. The van der Waals surface area contributed by atoms with Crippen LogP contribution in [0.5, 0.6) is 0 Å². The summed E-state index contributed by atoms with van der Waals surface area (Å²) in [6.07, 6.45) is 1.33. The van der Waals surface area contributed by atoms with Gasteiger partial charge in [-0.1, -0.05) is 0 Å². The molecule has 1 N–H and O–H groups in total. The van der Waals surface area contributed by atoms with Gasteiger partial charge in [0, 0.05) is 19.2 Å². The minimum atomic E-state index is -0.0933. The van der Waals surface area contributed by atoms with Crippen molar-refractivity contribution < 1.29 is 9.53 Å². The second-order valence-electron chi connectivity index (χ2n) is 4.94. The molecule has 1 saturated heterocycles. The van der Waals surface area contributed by atoms with E-state index >= 15 is 0 Å². The van der Waals surface area contributed by atoms with Gasteiger partial charge in [-0.05, 0) is 24.6 Å². The lowest BCUT2D eigenvalue weighted by molar-refractivity contribution is -0.114. The summed E-state index contributed by atoms with van der Waals surface area (Å²) in [5, 5.41) is 2.76. The number of rotatable bonds is 4. The number of fused-ring (bicyclic) bond motifs is 1. The molecule has 6 heteroatoms. The molecular formula is C14H16ClN3O2. The Hall–Kier alpha value is -1.59. The molecule has 5 nitrogen and oxygen atoms in total. The number of carbonyl (C=O) groups is 1. The lowest BCUT2D eigenvalue weighted by atomic mass is 10.2. The number of hydrogen-bond donors (Lipinski definition) is 1. The Labute approximate surface area is 121 Å². The van der Waals surface area contributed by atoms with Crippen molar-refractivity contribution in [3.63, 3.8) is 0 Å². The minimum absolute atomic E-state index is 0.0933. The first-order valence-corrected chi connectivity index (χ1v) is 7.15. The predicted molar refractivity (Wildman–Crippen MR) is 78.0 cm³/mol. The Bertz CT molecular complexity index is 649. The number of hydrogen-bond acceptors (Lipinski definition) is 3. The zero-order chi connectivity index (χ0) is 14.1. The van der Waals surface area contributed by atoms with Crippen LogP contribution in [0.25, 0.3) is 11.0 Å². The normalized spacial score (nSPS) is 18.0. The maximum Gasteiger partial charge on any atom is 0.221 e. The number of carbonyl (C=O) groups excluding carboxylic acids is 1. The summed E-state index contributed by atoms with van der Waals surface area (Å²) in [6, 6.07) is 5.70. The van der Waals surface area contributed by atoms with Crippen LogP contribution in [0.4, 0.5) is 5.69 Å². The Morgan fingerprint density at radius 3 is 3.00 bits per heavy atom. The summed E-state index contributed by atoms with van der Waals surface area (Å²) in [7, 11) is 0. The Morgan fingerprint density at radius 1 is 1.60 bits per heavy atom. The third kappa shape index (κ3) is 2.51. The van der Waals surface area contributed by atoms with E-state index in [9.17, 15) is 4.79 Å². The number of benzene rings is 1. The molecule has 1 aromatic heterocycles. The number of amides is 1. The Balaban J connectivity index is 1.97. The van der Waals surface area contributed by atoms with Crippen LogP contribution < -0.4 is 5.32 Å². The van der Waals surface area contributed by atoms with E-state index in [1.807, 2.05) is 18.2 Å². The van der Waals surface area contributed by atoms with Crippen LogP contribution >= 0.6 is 11.6 Å². The predicted octanol–water partition coefficient (Wildman–Crippen LogP) is 2.52. The number of anilines is 1. The zero-order valence-electron chi connectivity index (χ0n) is 11.2. The first kappa shape index (κ1) is 13.4. The lowest BCUT2D eigenvalue weighted by Crippen LogP contribution is -2.31. The van der Waals surface area contributed by atoms with E-state index in [4.69, 9.17) is 16.3 Å². The van der Waals surface area contributed by atoms with Gasteiger partial charge in [0.1, 0.15) is 5.82 Å². The molecule has 1 aromatic carbocycles. The summed E-state index contributed by atoms with van der Waals surface area (Å²) >= 11 is 5.98.